The van der Waals surface area contributed by atoms with E-state index in [1.54, 1.807) is 13.2 Å². The van der Waals surface area contributed by atoms with Gasteiger partial charge >= 0.3 is 0 Å². The van der Waals surface area contributed by atoms with Crippen LogP contribution in [0.2, 0.25) is 0 Å². The number of nitro groups is 1. The van der Waals surface area contributed by atoms with E-state index >= 15 is 0 Å². The number of rotatable bonds is 4. The highest BCUT2D eigenvalue weighted by molar-refractivity contribution is 5.44. The van der Waals surface area contributed by atoms with Crippen LogP contribution in [0, 0.1) is 16.0 Å². The lowest BCUT2D eigenvalue weighted by atomic mass is 9.94. The Hall–Kier alpha value is -1.62. The molecule has 1 aromatic carbocycles. The normalized spacial score (nSPS) is 15.6. The number of nitro benzene ring substituents is 1. The van der Waals surface area contributed by atoms with Gasteiger partial charge < -0.3 is 10.1 Å². The third-order valence-electron chi connectivity index (χ3n) is 2.86. The van der Waals surface area contributed by atoms with Crippen LogP contribution in [0.25, 0.3) is 0 Å². The van der Waals surface area contributed by atoms with E-state index in [1.807, 2.05) is 0 Å². The van der Waals surface area contributed by atoms with Gasteiger partial charge in [0, 0.05) is 6.07 Å². The zero-order valence-electron chi connectivity index (χ0n) is 9.10. The molecular weight excluding hydrogens is 208 g/mol. The van der Waals surface area contributed by atoms with Crippen LogP contribution in [0.15, 0.2) is 18.2 Å². The quantitative estimate of drug-likeness (QED) is 0.617. The summed E-state index contributed by atoms with van der Waals surface area (Å²) in [5.41, 5.74) is 1.12. The molecule has 1 heterocycles. The zero-order chi connectivity index (χ0) is 11.5. The highest BCUT2D eigenvalue weighted by Gasteiger charge is 2.20. The Labute approximate surface area is 93.6 Å². The van der Waals surface area contributed by atoms with Crippen LogP contribution in [0.5, 0.6) is 5.75 Å². The summed E-state index contributed by atoms with van der Waals surface area (Å²) >= 11 is 0. The van der Waals surface area contributed by atoms with E-state index in [0.29, 0.717) is 11.7 Å². The van der Waals surface area contributed by atoms with E-state index in [-0.39, 0.29) is 5.69 Å². The molecule has 0 saturated carbocycles. The van der Waals surface area contributed by atoms with Gasteiger partial charge in [0.15, 0.2) is 0 Å². The van der Waals surface area contributed by atoms with Crippen molar-refractivity contribution < 1.29 is 9.66 Å². The topological polar surface area (TPSA) is 64.4 Å². The standard InChI is InChI=1S/C11H14N2O3/c1-16-11-5-10(13(14)15)3-2-9(11)4-8-6-12-7-8/h2-3,5,8,12H,4,6-7H2,1H3. The number of benzene rings is 1. The van der Waals surface area contributed by atoms with Crippen LogP contribution >= 0.6 is 0 Å². The lowest BCUT2D eigenvalue weighted by Crippen LogP contribution is -2.43. The monoisotopic (exact) mass is 222 g/mol. The fourth-order valence-corrected chi connectivity index (χ4v) is 1.82. The first-order valence-electron chi connectivity index (χ1n) is 5.22. The maximum atomic E-state index is 10.6. The molecule has 5 nitrogen and oxygen atoms in total. The molecule has 0 unspecified atom stereocenters. The average Bonchev–Trinajstić information content (AvgIpc) is 2.23. The lowest BCUT2D eigenvalue weighted by molar-refractivity contribution is -0.384. The number of methoxy groups -OCH3 is 1. The van der Waals surface area contributed by atoms with Crippen molar-refractivity contribution in [3.63, 3.8) is 0 Å². The summed E-state index contributed by atoms with van der Waals surface area (Å²) in [6.07, 6.45) is 0.911. The molecule has 0 aromatic heterocycles. The number of non-ortho nitro benzene ring substituents is 1. The summed E-state index contributed by atoms with van der Waals surface area (Å²) in [5, 5.41) is 13.8. The van der Waals surface area contributed by atoms with Gasteiger partial charge in [0.2, 0.25) is 0 Å². The van der Waals surface area contributed by atoms with Crippen molar-refractivity contribution in [2.45, 2.75) is 6.42 Å². The Morgan fingerprint density at radius 3 is 2.81 bits per heavy atom. The molecule has 0 spiro atoms. The molecule has 0 amide bonds. The summed E-state index contributed by atoms with van der Waals surface area (Å²) < 4.78 is 5.18. The fraction of sp³-hybridized carbons (Fsp3) is 0.455. The van der Waals surface area contributed by atoms with Crippen LogP contribution in [0.3, 0.4) is 0 Å². The maximum absolute atomic E-state index is 10.6. The van der Waals surface area contributed by atoms with Crippen molar-refractivity contribution >= 4 is 5.69 Å². The number of hydrogen-bond donors (Lipinski definition) is 1. The smallest absolute Gasteiger partial charge is 0.273 e. The van der Waals surface area contributed by atoms with Gasteiger partial charge in [-0.1, -0.05) is 0 Å². The minimum Gasteiger partial charge on any atom is -0.496 e. The average molecular weight is 222 g/mol. The second-order valence-electron chi connectivity index (χ2n) is 3.98. The predicted molar refractivity (Wildman–Crippen MR) is 59.7 cm³/mol. The second kappa shape index (κ2) is 4.49. The molecule has 0 atom stereocenters. The first-order valence-corrected chi connectivity index (χ1v) is 5.22. The molecule has 1 aliphatic rings. The molecule has 86 valence electrons. The minimum atomic E-state index is -0.406. The van der Waals surface area contributed by atoms with Crippen molar-refractivity contribution in [2.75, 3.05) is 20.2 Å². The van der Waals surface area contributed by atoms with Crippen molar-refractivity contribution in [2.24, 2.45) is 5.92 Å². The summed E-state index contributed by atoms with van der Waals surface area (Å²) in [6, 6.07) is 4.81. The van der Waals surface area contributed by atoms with Crippen molar-refractivity contribution in [3.8, 4) is 5.75 Å². The molecule has 0 radical (unpaired) electrons. The van der Waals surface area contributed by atoms with Gasteiger partial charge in [-0.2, -0.15) is 0 Å². The van der Waals surface area contributed by atoms with Gasteiger partial charge in [-0.3, -0.25) is 10.1 Å². The Kier molecular flexibility index (Phi) is 3.05. The third-order valence-corrected chi connectivity index (χ3v) is 2.86. The molecular formula is C11H14N2O3. The van der Waals surface area contributed by atoms with Crippen molar-refractivity contribution in [1.29, 1.82) is 0 Å². The molecule has 1 aromatic rings. The molecule has 1 aliphatic heterocycles. The van der Waals surface area contributed by atoms with Gasteiger partial charge in [0.05, 0.1) is 18.1 Å². The predicted octanol–water partition coefficient (Wildman–Crippen LogP) is 1.37. The first kappa shape index (κ1) is 10.9. The highest BCUT2D eigenvalue weighted by Crippen LogP contribution is 2.27. The van der Waals surface area contributed by atoms with Crippen molar-refractivity contribution in [3.05, 3.63) is 33.9 Å². The van der Waals surface area contributed by atoms with Gasteiger partial charge in [-0.15, -0.1) is 0 Å². The summed E-state index contributed by atoms with van der Waals surface area (Å²) in [6.45, 7) is 2.03. The van der Waals surface area contributed by atoms with Crippen molar-refractivity contribution in [1.82, 2.24) is 5.32 Å². The molecule has 5 heteroatoms. The second-order valence-corrected chi connectivity index (χ2v) is 3.98. The Morgan fingerprint density at radius 2 is 2.31 bits per heavy atom. The summed E-state index contributed by atoms with van der Waals surface area (Å²) in [7, 11) is 1.54. The van der Waals surface area contributed by atoms with Gasteiger partial charge in [0.25, 0.3) is 5.69 Å². The SMILES string of the molecule is COc1cc([N+](=O)[O-])ccc1CC1CNC1. The van der Waals surface area contributed by atoms with Crippen LogP contribution in [0.1, 0.15) is 5.56 Å². The van der Waals surface area contributed by atoms with E-state index in [1.165, 1.54) is 12.1 Å². The Morgan fingerprint density at radius 1 is 1.56 bits per heavy atom. The zero-order valence-corrected chi connectivity index (χ0v) is 9.10. The molecule has 1 fully saturated rings. The molecule has 16 heavy (non-hydrogen) atoms. The van der Waals surface area contributed by atoms with E-state index in [4.69, 9.17) is 4.74 Å². The van der Waals surface area contributed by atoms with Gasteiger partial charge in [-0.25, -0.2) is 0 Å². The Balaban J connectivity index is 2.19. The maximum Gasteiger partial charge on any atom is 0.273 e. The van der Waals surface area contributed by atoms with Crippen LogP contribution in [-0.2, 0) is 6.42 Å². The summed E-state index contributed by atoms with van der Waals surface area (Å²) in [4.78, 5) is 10.2. The van der Waals surface area contributed by atoms with Gasteiger partial charge in [-0.05, 0) is 37.1 Å². The molecule has 1 saturated heterocycles. The lowest BCUT2D eigenvalue weighted by Gasteiger charge is -2.27. The number of nitrogens with one attached hydrogen (secondary N) is 1. The number of nitrogens with zero attached hydrogens (tertiary/aromatic N) is 1. The van der Waals surface area contributed by atoms with Crippen LogP contribution < -0.4 is 10.1 Å². The minimum absolute atomic E-state index is 0.0762. The molecule has 2 rings (SSSR count). The van der Waals surface area contributed by atoms with Gasteiger partial charge in [0.1, 0.15) is 5.75 Å². The molecule has 0 bridgehead atoms. The largest absolute Gasteiger partial charge is 0.496 e. The van der Waals surface area contributed by atoms with E-state index < -0.39 is 4.92 Å². The molecule has 1 N–H and O–H groups in total. The number of hydrogen-bond acceptors (Lipinski definition) is 4. The fourth-order valence-electron chi connectivity index (χ4n) is 1.82. The van der Waals surface area contributed by atoms with Crippen LogP contribution in [0.4, 0.5) is 5.69 Å². The van der Waals surface area contributed by atoms with E-state index in [0.717, 1.165) is 25.1 Å². The van der Waals surface area contributed by atoms with E-state index in [2.05, 4.69) is 5.32 Å². The molecule has 0 aliphatic carbocycles. The first-order chi connectivity index (χ1) is 7.70. The van der Waals surface area contributed by atoms with Crippen LogP contribution in [-0.4, -0.2) is 25.1 Å². The highest BCUT2D eigenvalue weighted by atomic mass is 16.6. The third kappa shape index (κ3) is 2.14. The van der Waals surface area contributed by atoms with E-state index in [9.17, 15) is 10.1 Å². The Bertz CT molecular complexity index is 402. The number of ether oxygens (including phenoxy) is 1. The summed E-state index contributed by atoms with van der Waals surface area (Å²) in [5.74, 6) is 1.23.